The van der Waals surface area contributed by atoms with E-state index in [-0.39, 0.29) is 0 Å². The van der Waals surface area contributed by atoms with Gasteiger partial charge in [-0.1, -0.05) is 79.4 Å². The highest BCUT2D eigenvalue weighted by Gasteiger charge is 2.03. The molecule has 0 spiro atoms. The molecule has 0 aliphatic carbocycles. The van der Waals surface area contributed by atoms with Gasteiger partial charge in [0, 0.05) is 31.1 Å². The van der Waals surface area contributed by atoms with E-state index >= 15 is 0 Å². The molecule has 3 aromatic carbocycles. The van der Waals surface area contributed by atoms with E-state index in [2.05, 4.69) is 88.9 Å². The summed E-state index contributed by atoms with van der Waals surface area (Å²) in [6, 6.07) is 29.5. The van der Waals surface area contributed by atoms with Gasteiger partial charge in [-0.25, -0.2) is 0 Å². The lowest BCUT2D eigenvalue weighted by Crippen LogP contribution is -2.19. The van der Waals surface area contributed by atoms with Crippen LogP contribution < -0.4 is 10.6 Å². The highest BCUT2D eigenvalue weighted by atomic mass is 15.1. The highest BCUT2D eigenvalue weighted by Crippen LogP contribution is 2.14. The molecule has 0 aromatic heterocycles. The predicted molar refractivity (Wildman–Crippen MR) is 129 cm³/mol. The maximum absolute atomic E-state index is 4.13. The van der Waals surface area contributed by atoms with Gasteiger partial charge in [0.15, 0.2) is 0 Å². The Morgan fingerprint density at radius 1 is 0.800 bits per heavy atom. The topological polar surface area (TPSA) is 36.4 Å². The number of hydrogen-bond acceptors (Lipinski definition) is 3. The second-order valence-corrected chi connectivity index (χ2v) is 7.17. The van der Waals surface area contributed by atoms with E-state index in [0.717, 1.165) is 36.5 Å². The van der Waals surface area contributed by atoms with Gasteiger partial charge >= 0.3 is 0 Å². The lowest BCUT2D eigenvalue weighted by molar-refractivity contribution is 0.920. The van der Waals surface area contributed by atoms with Crippen LogP contribution in [0, 0.1) is 0 Å². The summed E-state index contributed by atoms with van der Waals surface area (Å²) in [6.45, 7) is 4.13. The van der Waals surface area contributed by atoms with Crippen LogP contribution in [-0.4, -0.2) is 13.3 Å². The van der Waals surface area contributed by atoms with Crippen LogP contribution in [0.5, 0.6) is 0 Å². The molecule has 0 bridgehead atoms. The number of nitrogens with one attached hydrogen (secondary N) is 2. The average molecular weight is 396 g/mol. The Bertz CT molecular complexity index is 972. The Kier molecular flexibility index (Phi) is 8.04. The SMILES string of the molecule is C=C(N/C(=C/C=NC)Cc1ccccc1)Nc1ccc(CCc2ccccc2)cc1. The van der Waals surface area contributed by atoms with Gasteiger partial charge in [-0.3, -0.25) is 4.99 Å². The Labute approximate surface area is 179 Å². The molecule has 3 rings (SSSR count). The fourth-order valence-electron chi connectivity index (χ4n) is 3.21. The number of nitrogens with zero attached hydrogens (tertiary/aromatic N) is 1. The number of hydrogen-bond donors (Lipinski definition) is 2. The number of allylic oxidation sites excluding steroid dienone is 2. The number of aliphatic imine (C=N–C) groups is 1. The Morgan fingerprint density at radius 3 is 1.97 bits per heavy atom. The number of anilines is 1. The van der Waals surface area contributed by atoms with Crippen molar-refractivity contribution in [3.8, 4) is 0 Å². The third kappa shape index (κ3) is 7.10. The molecular formula is C27H29N3. The fraction of sp³-hybridized carbons (Fsp3) is 0.148. The van der Waals surface area contributed by atoms with Crippen LogP contribution in [0.1, 0.15) is 16.7 Å². The van der Waals surface area contributed by atoms with Gasteiger partial charge in [0.05, 0.1) is 5.82 Å². The minimum Gasteiger partial charge on any atom is -0.345 e. The van der Waals surface area contributed by atoms with Crippen LogP contribution in [0.2, 0.25) is 0 Å². The average Bonchev–Trinajstić information content (AvgIpc) is 2.78. The molecule has 0 fully saturated rings. The van der Waals surface area contributed by atoms with Gasteiger partial charge in [0.25, 0.3) is 0 Å². The normalized spacial score (nSPS) is 11.4. The summed E-state index contributed by atoms with van der Waals surface area (Å²) in [5.41, 5.74) is 5.97. The third-order valence-corrected chi connectivity index (χ3v) is 4.77. The molecule has 3 heteroatoms. The van der Waals surface area contributed by atoms with Crippen LogP contribution in [0.15, 0.2) is 114 Å². The van der Waals surface area contributed by atoms with E-state index in [4.69, 9.17) is 0 Å². The molecule has 2 N–H and O–H groups in total. The maximum Gasteiger partial charge on any atom is 0.0999 e. The van der Waals surface area contributed by atoms with Gasteiger partial charge < -0.3 is 10.6 Å². The van der Waals surface area contributed by atoms with Crippen molar-refractivity contribution in [1.29, 1.82) is 0 Å². The molecule has 0 saturated heterocycles. The number of rotatable bonds is 10. The van der Waals surface area contributed by atoms with Crippen molar-refractivity contribution in [1.82, 2.24) is 5.32 Å². The van der Waals surface area contributed by atoms with E-state index in [1.54, 1.807) is 13.3 Å². The van der Waals surface area contributed by atoms with Crippen molar-refractivity contribution in [2.45, 2.75) is 19.3 Å². The molecule has 3 nitrogen and oxygen atoms in total. The second-order valence-electron chi connectivity index (χ2n) is 7.17. The number of benzene rings is 3. The van der Waals surface area contributed by atoms with Gasteiger partial charge in [-0.05, 0) is 47.7 Å². The molecule has 0 aliphatic heterocycles. The first-order chi connectivity index (χ1) is 14.7. The summed E-state index contributed by atoms with van der Waals surface area (Å²) in [5, 5.41) is 6.72. The smallest absolute Gasteiger partial charge is 0.0999 e. The monoisotopic (exact) mass is 395 g/mol. The van der Waals surface area contributed by atoms with Crippen molar-refractivity contribution in [3.05, 3.63) is 126 Å². The third-order valence-electron chi connectivity index (χ3n) is 4.77. The van der Waals surface area contributed by atoms with Gasteiger partial charge in [0.2, 0.25) is 0 Å². The minimum atomic E-state index is 0.735. The van der Waals surface area contributed by atoms with Crippen LogP contribution >= 0.6 is 0 Å². The van der Waals surface area contributed by atoms with Crippen LogP contribution in [0.4, 0.5) is 5.69 Å². The zero-order valence-corrected chi connectivity index (χ0v) is 17.5. The van der Waals surface area contributed by atoms with Crippen molar-refractivity contribution >= 4 is 11.9 Å². The lowest BCUT2D eigenvalue weighted by atomic mass is 10.0. The Morgan fingerprint density at radius 2 is 1.37 bits per heavy atom. The molecule has 0 saturated carbocycles. The van der Waals surface area contributed by atoms with Gasteiger partial charge in [-0.2, -0.15) is 0 Å². The summed E-state index contributed by atoms with van der Waals surface area (Å²) in [5.74, 6) is 0.735. The molecule has 30 heavy (non-hydrogen) atoms. The predicted octanol–water partition coefficient (Wildman–Crippen LogP) is 5.77. The first kappa shape index (κ1) is 21.1. The largest absolute Gasteiger partial charge is 0.345 e. The van der Waals surface area contributed by atoms with Crippen molar-refractivity contribution in [2.75, 3.05) is 12.4 Å². The minimum absolute atomic E-state index is 0.735. The van der Waals surface area contributed by atoms with Gasteiger partial charge in [-0.15, -0.1) is 0 Å². The summed E-state index contributed by atoms with van der Waals surface area (Å²) in [6.07, 6.45) is 6.64. The molecule has 152 valence electrons. The Balaban J connectivity index is 1.54. The molecule has 0 heterocycles. The summed E-state index contributed by atoms with van der Waals surface area (Å²) < 4.78 is 0. The van der Waals surface area contributed by atoms with E-state index < -0.39 is 0 Å². The Hall–Kier alpha value is -3.59. The number of aryl methyl sites for hydroxylation is 2. The quantitative estimate of drug-likeness (QED) is 0.427. The van der Waals surface area contributed by atoms with E-state index in [1.807, 2.05) is 24.3 Å². The van der Waals surface area contributed by atoms with E-state index in [0.29, 0.717) is 0 Å². The lowest BCUT2D eigenvalue weighted by Gasteiger charge is -2.15. The molecular weight excluding hydrogens is 366 g/mol. The van der Waals surface area contributed by atoms with Crippen molar-refractivity contribution in [2.24, 2.45) is 4.99 Å². The van der Waals surface area contributed by atoms with Crippen LogP contribution in [0.3, 0.4) is 0 Å². The van der Waals surface area contributed by atoms with Crippen molar-refractivity contribution < 1.29 is 0 Å². The van der Waals surface area contributed by atoms with Crippen molar-refractivity contribution in [3.63, 3.8) is 0 Å². The van der Waals surface area contributed by atoms with Crippen LogP contribution in [0.25, 0.3) is 0 Å². The first-order valence-corrected chi connectivity index (χ1v) is 10.2. The molecule has 0 atom stereocenters. The first-order valence-electron chi connectivity index (χ1n) is 10.2. The standard InChI is InChI=1S/C27H29N3/c1-22(30-27(19-20-28-2)21-25-11-7-4-8-12-25)29-26-17-15-24(16-18-26)14-13-23-9-5-3-6-10-23/h3-12,15-20,29-30H,1,13-14,21H2,2H3/b27-19+,28-20?. The molecule has 0 amide bonds. The van der Waals surface area contributed by atoms with Gasteiger partial charge in [0.1, 0.15) is 0 Å². The van der Waals surface area contributed by atoms with E-state index in [1.165, 1.54) is 16.7 Å². The zero-order valence-electron chi connectivity index (χ0n) is 17.5. The van der Waals surface area contributed by atoms with E-state index in [9.17, 15) is 0 Å². The zero-order chi connectivity index (χ0) is 21.0. The molecule has 0 aliphatic rings. The van der Waals surface area contributed by atoms with Crippen LogP contribution in [-0.2, 0) is 19.3 Å². The highest BCUT2D eigenvalue weighted by molar-refractivity contribution is 5.72. The molecule has 0 radical (unpaired) electrons. The summed E-state index contributed by atoms with van der Waals surface area (Å²) in [7, 11) is 1.77. The maximum atomic E-state index is 4.13. The molecule has 0 unspecified atom stereocenters. The summed E-state index contributed by atoms with van der Waals surface area (Å²) in [4.78, 5) is 4.07. The summed E-state index contributed by atoms with van der Waals surface area (Å²) >= 11 is 0. The fourth-order valence-corrected chi connectivity index (χ4v) is 3.21. The molecule has 3 aromatic rings. The second kappa shape index (κ2) is 11.4.